The third-order valence-electron chi connectivity index (χ3n) is 2.44. The van der Waals surface area contributed by atoms with Crippen molar-refractivity contribution >= 4 is 12.0 Å². The standard InChI is InChI=1S/C14H16O4/c1-3-4-5-11-10(7-9-13(16)17)6-8-12(15)14(11)18-2/h3-4,6-9,15H,5H2,1-2H3,(H,16,17)/b4-3?,9-7+. The van der Waals surface area contributed by atoms with Gasteiger partial charge >= 0.3 is 5.97 Å². The number of hydrogen-bond donors (Lipinski definition) is 2. The Hall–Kier alpha value is -2.23. The fourth-order valence-corrected chi connectivity index (χ4v) is 1.62. The molecule has 4 heteroatoms. The predicted octanol–water partition coefficient (Wildman–Crippen LogP) is 2.62. The predicted molar refractivity (Wildman–Crippen MR) is 69.8 cm³/mol. The second-order valence-corrected chi connectivity index (χ2v) is 3.63. The second-order valence-electron chi connectivity index (χ2n) is 3.63. The molecule has 0 spiro atoms. The molecule has 2 N–H and O–H groups in total. The van der Waals surface area contributed by atoms with Crippen LogP contribution in [0.2, 0.25) is 0 Å². The first-order valence-electron chi connectivity index (χ1n) is 5.51. The van der Waals surface area contributed by atoms with Crippen molar-refractivity contribution in [1.82, 2.24) is 0 Å². The number of methoxy groups -OCH3 is 1. The maximum Gasteiger partial charge on any atom is 0.328 e. The molecule has 1 rings (SSSR count). The lowest BCUT2D eigenvalue weighted by atomic mass is 10.0. The van der Waals surface area contributed by atoms with Gasteiger partial charge in [-0.25, -0.2) is 4.79 Å². The van der Waals surface area contributed by atoms with Crippen molar-refractivity contribution < 1.29 is 19.7 Å². The highest BCUT2D eigenvalue weighted by Gasteiger charge is 2.11. The molecule has 0 heterocycles. The van der Waals surface area contributed by atoms with Crippen molar-refractivity contribution in [2.45, 2.75) is 13.3 Å². The first-order chi connectivity index (χ1) is 8.60. The van der Waals surface area contributed by atoms with E-state index < -0.39 is 5.97 Å². The fraction of sp³-hybridized carbons (Fsp3) is 0.214. The largest absolute Gasteiger partial charge is 0.504 e. The number of aliphatic carboxylic acids is 1. The van der Waals surface area contributed by atoms with Crippen LogP contribution in [-0.4, -0.2) is 23.3 Å². The van der Waals surface area contributed by atoms with Gasteiger partial charge in [-0.15, -0.1) is 0 Å². The van der Waals surface area contributed by atoms with Crippen molar-refractivity contribution in [1.29, 1.82) is 0 Å². The minimum Gasteiger partial charge on any atom is -0.504 e. The van der Waals surface area contributed by atoms with Gasteiger partial charge in [-0.3, -0.25) is 0 Å². The molecule has 1 aromatic carbocycles. The van der Waals surface area contributed by atoms with Crippen molar-refractivity contribution in [2.24, 2.45) is 0 Å². The molecule has 0 amide bonds. The minimum absolute atomic E-state index is 0.0458. The number of carboxylic acid groups (broad SMARTS) is 1. The Morgan fingerprint density at radius 3 is 2.72 bits per heavy atom. The maximum absolute atomic E-state index is 10.5. The number of rotatable bonds is 5. The molecule has 0 radical (unpaired) electrons. The van der Waals surface area contributed by atoms with Crippen LogP contribution < -0.4 is 4.74 Å². The first kappa shape index (κ1) is 13.8. The summed E-state index contributed by atoms with van der Waals surface area (Å²) in [4.78, 5) is 10.5. The quantitative estimate of drug-likeness (QED) is 0.621. The van der Waals surface area contributed by atoms with Crippen LogP contribution in [-0.2, 0) is 11.2 Å². The number of aromatic hydroxyl groups is 1. The van der Waals surface area contributed by atoms with Gasteiger partial charge in [0.1, 0.15) is 0 Å². The van der Waals surface area contributed by atoms with Crippen molar-refractivity contribution in [3.63, 3.8) is 0 Å². The number of benzene rings is 1. The van der Waals surface area contributed by atoms with E-state index in [0.29, 0.717) is 17.7 Å². The SMILES string of the molecule is CC=CCc1c(/C=C/C(=O)O)ccc(O)c1OC. The van der Waals surface area contributed by atoms with E-state index in [0.717, 1.165) is 11.6 Å². The van der Waals surface area contributed by atoms with Gasteiger partial charge in [0.25, 0.3) is 0 Å². The summed E-state index contributed by atoms with van der Waals surface area (Å²) in [6.45, 7) is 1.89. The Morgan fingerprint density at radius 2 is 2.17 bits per heavy atom. The molecule has 0 aliphatic heterocycles. The number of phenols is 1. The molecule has 1 aromatic rings. The Labute approximate surface area is 106 Å². The van der Waals surface area contributed by atoms with Gasteiger partial charge in [0, 0.05) is 11.6 Å². The molecule has 0 aliphatic rings. The van der Waals surface area contributed by atoms with E-state index in [1.54, 1.807) is 6.07 Å². The second kappa shape index (κ2) is 6.49. The van der Waals surface area contributed by atoms with Crippen LogP contribution in [0.4, 0.5) is 0 Å². The van der Waals surface area contributed by atoms with Crippen LogP contribution in [0.1, 0.15) is 18.1 Å². The summed E-state index contributed by atoms with van der Waals surface area (Å²) in [5, 5.41) is 18.3. The Kier molecular flexibility index (Phi) is 4.99. The van der Waals surface area contributed by atoms with Gasteiger partial charge in [0.15, 0.2) is 11.5 Å². The number of hydrogen-bond acceptors (Lipinski definition) is 3. The summed E-state index contributed by atoms with van der Waals surface area (Å²) in [7, 11) is 1.47. The van der Waals surface area contributed by atoms with Crippen LogP contribution in [0, 0.1) is 0 Å². The molecule has 0 fully saturated rings. The van der Waals surface area contributed by atoms with Crippen LogP contribution in [0.25, 0.3) is 6.08 Å². The summed E-state index contributed by atoms with van der Waals surface area (Å²) in [5.74, 6) is -0.593. The molecule has 0 saturated carbocycles. The molecule has 0 atom stereocenters. The van der Waals surface area contributed by atoms with E-state index in [4.69, 9.17) is 9.84 Å². The highest BCUT2D eigenvalue weighted by molar-refractivity contribution is 5.86. The van der Waals surface area contributed by atoms with Gasteiger partial charge in [-0.1, -0.05) is 18.2 Å². The molecule has 18 heavy (non-hydrogen) atoms. The highest BCUT2D eigenvalue weighted by Crippen LogP contribution is 2.33. The first-order valence-corrected chi connectivity index (χ1v) is 5.51. The number of carbonyl (C=O) groups is 1. The van der Waals surface area contributed by atoms with Gasteiger partial charge in [-0.2, -0.15) is 0 Å². The van der Waals surface area contributed by atoms with Gasteiger partial charge in [0.2, 0.25) is 0 Å². The van der Waals surface area contributed by atoms with E-state index in [-0.39, 0.29) is 5.75 Å². The van der Waals surface area contributed by atoms with Crippen LogP contribution >= 0.6 is 0 Å². The Bertz CT molecular complexity index is 487. The zero-order valence-electron chi connectivity index (χ0n) is 10.4. The summed E-state index contributed by atoms with van der Waals surface area (Å²) in [6.07, 6.45) is 6.91. The van der Waals surface area contributed by atoms with Crippen LogP contribution in [0.15, 0.2) is 30.4 Å². The third-order valence-corrected chi connectivity index (χ3v) is 2.44. The van der Waals surface area contributed by atoms with E-state index in [2.05, 4.69) is 0 Å². The molecule has 0 aromatic heterocycles. The van der Waals surface area contributed by atoms with Crippen molar-refractivity contribution in [2.75, 3.05) is 7.11 Å². The van der Waals surface area contributed by atoms with Gasteiger partial charge < -0.3 is 14.9 Å². The fourth-order valence-electron chi connectivity index (χ4n) is 1.62. The summed E-state index contributed by atoms with van der Waals surface area (Å²) in [5.41, 5.74) is 1.47. The van der Waals surface area contributed by atoms with Crippen molar-refractivity contribution in [3.05, 3.63) is 41.5 Å². The van der Waals surface area contributed by atoms with Crippen LogP contribution in [0.5, 0.6) is 11.5 Å². The molecule has 96 valence electrons. The Balaban J connectivity index is 3.27. The highest BCUT2D eigenvalue weighted by atomic mass is 16.5. The smallest absolute Gasteiger partial charge is 0.328 e. The molecule has 0 bridgehead atoms. The topological polar surface area (TPSA) is 66.8 Å². The lowest BCUT2D eigenvalue weighted by Crippen LogP contribution is -1.95. The maximum atomic E-state index is 10.5. The van der Waals surface area contributed by atoms with E-state index in [9.17, 15) is 9.90 Å². The molecular weight excluding hydrogens is 232 g/mol. The summed E-state index contributed by atoms with van der Waals surface area (Å²) >= 11 is 0. The van der Waals surface area contributed by atoms with Crippen LogP contribution in [0.3, 0.4) is 0 Å². The third kappa shape index (κ3) is 3.38. The average Bonchev–Trinajstić information content (AvgIpc) is 2.34. The summed E-state index contributed by atoms with van der Waals surface area (Å²) < 4.78 is 5.16. The monoisotopic (exact) mass is 248 g/mol. The Morgan fingerprint density at radius 1 is 1.44 bits per heavy atom. The molecule has 4 nitrogen and oxygen atoms in total. The molecular formula is C14H16O4. The number of ether oxygens (including phenoxy) is 1. The zero-order valence-corrected chi connectivity index (χ0v) is 10.4. The summed E-state index contributed by atoms with van der Waals surface area (Å²) in [6, 6.07) is 3.15. The number of allylic oxidation sites excluding steroid dienone is 2. The molecule has 0 unspecified atom stereocenters. The normalized spacial score (nSPS) is 11.2. The van der Waals surface area contributed by atoms with E-state index in [1.807, 2.05) is 19.1 Å². The van der Waals surface area contributed by atoms with Crippen molar-refractivity contribution in [3.8, 4) is 11.5 Å². The van der Waals surface area contributed by atoms with Gasteiger partial charge in [-0.05, 0) is 31.1 Å². The lowest BCUT2D eigenvalue weighted by Gasteiger charge is -2.11. The van der Waals surface area contributed by atoms with Gasteiger partial charge in [0.05, 0.1) is 7.11 Å². The number of carboxylic acids is 1. The lowest BCUT2D eigenvalue weighted by molar-refractivity contribution is -0.131. The number of phenolic OH excluding ortho intramolecular Hbond substituents is 1. The van der Waals surface area contributed by atoms with E-state index >= 15 is 0 Å². The molecule has 0 saturated heterocycles. The average molecular weight is 248 g/mol. The minimum atomic E-state index is -1.01. The molecule has 0 aliphatic carbocycles. The zero-order chi connectivity index (χ0) is 13.5. The van der Waals surface area contributed by atoms with E-state index in [1.165, 1.54) is 19.3 Å².